The van der Waals surface area contributed by atoms with Gasteiger partial charge in [-0.25, -0.2) is 0 Å². The molecule has 2 rings (SSSR count). The highest BCUT2D eigenvalue weighted by Crippen LogP contribution is 2.23. The third kappa shape index (κ3) is 1.99. The molecule has 2 nitrogen and oxygen atoms in total. The summed E-state index contributed by atoms with van der Waals surface area (Å²) in [6.07, 6.45) is 9.30. The standard InChI is InChI=1S/C10H20N2/c11-8-4-6-10(7-5-8)12-9-2-1-3-9/h8-10,12H,1-7,11H2. The first-order valence-electron chi connectivity index (χ1n) is 5.36. The number of nitrogens with two attached hydrogens (primary N) is 1. The molecule has 3 N–H and O–H groups in total. The van der Waals surface area contributed by atoms with Gasteiger partial charge in [0, 0.05) is 18.1 Å². The van der Waals surface area contributed by atoms with E-state index < -0.39 is 0 Å². The normalized spacial score (nSPS) is 37.8. The minimum absolute atomic E-state index is 0.490. The van der Waals surface area contributed by atoms with Gasteiger partial charge in [0.25, 0.3) is 0 Å². The van der Waals surface area contributed by atoms with E-state index >= 15 is 0 Å². The lowest BCUT2D eigenvalue weighted by molar-refractivity contribution is 0.257. The van der Waals surface area contributed by atoms with Gasteiger partial charge in [0.2, 0.25) is 0 Å². The molecule has 2 heteroatoms. The fourth-order valence-corrected chi connectivity index (χ4v) is 2.19. The summed E-state index contributed by atoms with van der Waals surface area (Å²) in [6, 6.07) is 2.13. The van der Waals surface area contributed by atoms with Crippen molar-refractivity contribution in [2.45, 2.75) is 63.1 Å². The zero-order valence-electron chi connectivity index (χ0n) is 7.76. The minimum atomic E-state index is 0.490. The van der Waals surface area contributed by atoms with E-state index in [1.807, 2.05) is 0 Å². The molecule has 0 amide bonds. The van der Waals surface area contributed by atoms with E-state index in [-0.39, 0.29) is 0 Å². The highest BCUT2D eigenvalue weighted by Gasteiger charge is 2.23. The highest BCUT2D eigenvalue weighted by molar-refractivity contribution is 4.84. The van der Waals surface area contributed by atoms with Crippen LogP contribution in [0.2, 0.25) is 0 Å². The van der Waals surface area contributed by atoms with E-state index in [2.05, 4.69) is 5.32 Å². The fraction of sp³-hybridized carbons (Fsp3) is 1.00. The Morgan fingerprint density at radius 2 is 1.42 bits per heavy atom. The predicted molar refractivity (Wildman–Crippen MR) is 51.0 cm³/mol. The SMILES string of the molecule is NC1CCC(NC2CCC2)CC1. The molecule has 0 saturated heterocycles. The maximum Gasteiger partial charge on any atom is 0.00708 e. The first-order chi connectivity index (χ1) is 5.84. The largest absolute Gasteiger partial charge is 0.328 e. The first kappa shape index (κ1) is 8.52. The Bertz CT molecular complexity index is 135. The van der Waals surface area contributed by atoms with Crippen LogP contribution in [0.25, 0.3) is 0 Å². The number of rotatable bonds is 2. The van der Waals surface area contributed by atoms with E-state index in [0.29, 0.717) is 6.04 Å². The fourth-order valence-electron chi connectivity index (χ4n) is 2.19. The Hall–Kier alpha value is -0.0800. The molecule has 0 radical (unpaired) electrons. The van der Waals surface area contributed by atoms with Crippen LogP contribution in [-0.4, -0.2) is 18.1 Å². The summed E-state index contributed by atoms with van der Waals surface area (Å²) in [5.74, 6) is 0. The van der Waals surface area contributed by atoms with Crippen LogP contribution in [0.3, 0.4) is 0 Å². The minimum Gasteiger partial charge on any atom is -0.328 e. The van der Waals surface area contributed by atoms with Crippen molar-refractivity contribution in [2.75, 3.05) is 0 Å². The van der Waals surface area contributed by atoms with Gasteiger partial charge in [-0.3, -0.25) is 0 Å². The van der Waals surface area contributed by atoms with E-state index in [0.717, 1.165) is 12.1 Å². The molecule has 0 aromatic rings. The number of hydrogen-bond acceptors (Lipinski definition) is 2. The molecule has 2 aliphatic carbocycles. The summed E-state index contributed by atoms with van der Waals surface area (Å²) in [7, 11) is 0. The summed E-state index contributed by atoms with van der Waals surface area (Å²) >= 11 is 0. The molecule has 0 aromatic carbocycles. The third-order valence-corrected chi connectivity index (χ3v) is 3.35. The molecule has 0 heterocycles. The van der Waals surface area contributed by atoms with Gasteiger partial charge < -0.3 is 11.1 Å². The van der Waals surface area contributed by atoms with Gasteiger partial charge in [-0.1, -0.05) is 6.42 Å². The Morgan fingerprint density at radius 3 is 1.92 bits per heavy atom. The van der Waals surface area contributed by atoms with E-state index in [1.54, 1.807) is 0 Å². The molecule has 2 aliphatic rings. The Labute approximate surface area is 74.9 Å². The lowest BCUT2D eigenvalue weighted by Crippen LogP contribution is -2.45. The van der Waals surface area contributed by atoms with Gasteiger partial charge >= 0.3 is 0 Å². The molecule has 12 heavy (non-hydrogen) atoms. The molecule has 0 aromatic heterocycles. The molecule has 0 bridgehead atoms. The second kappa shape index (κ2) is 3.75. The second-order valence-electron chi connectivity index (χ2n) is 4.41. The van der Waals surface area contributed by atoms with Crippen molar-refractivity contribution in [1.29, 1.82) is 0 Å². The Balaban J connectivity index is 1.67. The van der Waals surface area contributed by atoms with Crippen molar-refractivity contribution in [1.82, 2.24) is 5.32 Å². The maximum atomic E-state index is 5.85. The quantitative estimate of drug-likeness (QED) is 0.654. The summed E-state index contributed by atoms with van der Waals surface area (Å²) in [6.45, 7) is 0. The molecular formula is C10H20N2. The molecular weight excluding hydrogens is 148 g/mol. The molecule has 2 fully saturated rings. The van der Waals surface area contributed by atoms with Crippen LogP contribution in [0, 0.1) is 0 Å². The zero-order valence-corrected chi connectivity index (χ0v) is 7.76. The van der Waals surface area contributed by atoms with Crippen LogP contribution < -0.4 is 11.1 Å². The van der Waals surface area contributed by atoms with Gasteiger partial charge in [-0.2, -0.15) is 0 Å². The number of hydrogen-bond donors (Lipinski definition) is 2. The summed E-state index contributed by atoms with van der Waals surface area (Å²) in [4.78, 5) is 0. The van der Waals surface area contributed by atoms with Crippen molar-refractivity contribution in [3.63, 3.8) is 0 Å². The Morgan fingerprint density at radius 1 is 0.833 bits per heavy atom. The van der Waals surface area contributed by atoms with Gasteiger partial charge in [-0.05, 0) is 38.5 Å². The lowest BCUT2D eigenvalue weighted by atomic mass is 9.87. The molecule has 70 valence electrons. The van der Waals surface area contributed by atoms with Crippen LogP contribution in [0.5, 0.6) is 0 Å². The summed E-state index contributed by atoms with van der Waals surface area (Å²) in [5.41, 5.74) is 5.85. The average Bonchev–Trinajstić information content (AvgIpc) is 2.00. The van der Waals surface area contributed by atoms with E-state index in [1.165, 1.54) is 44.9 Å². The van der Waals surface area contributed by atoms with Crippen molar-refractivity contribution in [3.8, 4) is 0 Å². The van der Waals surface area contributed by atoms with E-state index in [9.17, 15) is 0 Å². The van der Waals surface area contributed by atoms with Gasteiger partial charge in [0.05, 0.1) is 0 Å². The van der Waals surface area contributed by atoms with Gasteiger partial charge in [0.1, 0.15) is 0 Å². The van der Waals surface area contributed by atoms with Crippen molar-refractivity contribution < 1.29 is 0 Å². The molecule has 0 unspecified atom stereocenters. The highest BCUT2D eigenvalue weighted by atomic mass is 15.0. The first-order valence-corrected chi connectivity index (χ1v) is 5.36. The Kier molecular flexibility index (Phi) is 2.66. The summed E-state index contributed by atoms with van der Waals surface area (Å²) in [5, 5.41) is 3.72. The van der Waals surface area contributed by atoms with Crippen molar-refractivity contribution in [3.05, 3.63) is 0 Å². The topological polar surface area (TPSA) is 38.0 Å². The third-order valence-electron chi connectivity index (χ3n) is 3.35. The maximum absolute atomic E-state index is 5.85. The monoisotopic (exact) mass is 168 g/mol. The van der Waals surface area contributed by atoms with Crippen LogP contribution in [-0.2, 0) is 0 Å². The average molecular weight is 168 g/mol. The lowest BCUT2D eigenvalue weighted by Gasteiger charge is -2.34. The van der Waals surface area contributed by atoms with Gasteiger partial charge in [0.15, 0.2) is 0 Å². The van der Waals surface area contributed by atoms with Crippen molar-refractivity contribution >= 4 is 0 Å². The smallest absolute Gasteiger partial charge is 0.00708 e. The van der Waals surface area contributed by atoms with Crippen molar-refractivity contribution in [2.24, 2.45) is 5.73 Å². The predicted octanol–water partition coefficient (Wildman–Crippen LogP) is 1.40. The van der Waals surface area contributed by atoms with Crippen LogP contribution in [0.15, 0.2) is 0 Å². The van der Waals surface area contributed by atoms with Crippen LogP contribution >= 0.6 is 0 Å². The second-order valence-corrected chi connectivity index (χ2v) is 4.41. The van der Waals surface area contributed by atoms with E-state index in [4.69, 9.17) is 5.73 Å². The summed E-state index contributed by atoms with van der Waals surface area (Å²) < 4.78 is 0. The molecule has 0 spiro atoms. The van der Waals surface area contributed by atoms with Crippen LogP contribution in [0.1, 0.15) is 44.9 Å². The van der Waals surface area contributed by atoms with Crippen LogP contribution in [0.4, 0.5) is 0 Å². The molecule has 2 saturated carbocycles. The molecule has 0 atom stereocenters. The van der Waals surface area contributed by atoms with Gasteiger partial charge in [-0.15, -0.1) is 0 Å². The number of nitrogens with one attached hydrogen (secondary N) is 1. The zero-order chi connectivity index (χ0) is 8.39. The molecule has 0 aliphatic heterocycles.